The van der Waals surface area contributed by atoms with E-state index in [1.807, 2.05) is 12.1 Å². The first-order valence-electron chi connectivity index (χ1n) is 6.17. The van der Waals surface area contributed by atoms with Crippen LogP contribution in [0.1, 0.15) is 15.9 Å². The maximum Gasteiger partial charge on any atom is 0.343 e. The summed E-state index contributed by atoms with van der Waals surface area (Å²) in [6.45, 7) is 0.522. The number of carbonyl (C=O) groups excluding carboxylic acids is 1. The SMILES string of the molecule is COCc1ccc(C(=O)Oc2ccc(OC)cc2)cc1. The van der Waals surface area contributed by atoms with Gasteiger partial charge in [-0.25, -0.2) is 4.79 Å². The number of rotatable bonds is 5. The molecule has 0 saturated heterocycles. The molecular formula is C16H16O4. The van der Waals surface area contributed by atoms with Gasteiger partial charge < -0.3 is 14.2 Å². The molecule has 20 heavy (non-hydrogen) atoms. The predicted octanol–water partition coefficient (Wildman–Crippen LogP) is 3.06. The average Bonchev–Trinajstić information content (AvgIpc) is 2.49. The standard InChI is InChI=1S/C16H16O4/c1-18-11-12-3-5-13(6-4-12)16(17)20-15-9-7-14(19-2)8-10-15/h3-10H,11H2,1-2H3. The van der Waals surface area contributed by atoms with Gasteiger partial charge in [-0.2, -0.15) is 0 Å². The summed E-state index contributed by atoms with van der Waals surface area (Å²) in [5.41, 5.74) is 1.51. The van der Waals surface area contributed by atoms with E-state index in [1.54, 1.807) is 50.6 Å². The Balaban J connectivity index is 2.03. The lowest BCUT2D eigenvalue weighted by atomic mass is 10.1. The highest BCUT2D eigenvalue weighted by atomic mass is 16.5. The van der Waals surface area contributed by atoms with Gasteiger partial charge in [0.1, 0.15) is 11.5 Å². The van der Waals surface area contributed by atoms with Crippen LogP contribution in [0.25, 0.3) is 0 Å². The Morgan fingerprint density at radius 2 is 1.50 bits per heavy atom. The van der Waals surface area contributed by atoms with Gasteiger partial charge in [0.05, 0.1) is 19.3 Å². The van der Waals surface area contributed by atoms with Crippen LogP contribution < -0.4 is 9.47 Å². The Labute approximate surface area is 117 Å². The van der Waals surface area contributed by atoms with Gasteiger partial charge in [-0.1, -0.05) is 12.1 Å². The third kappa shape index (κ3) is 3.59. The number of hydrogen-bond donors (Lipinski definition) is 0. The molecule has 104 valence electrons. The fourth-order valence-electron chi connectivity index (χ4n) is 1.71. The molecule has 2 aromatic carbocycles. The smallest absolute Gasteiger partial charge is 0.343 e. The Bertz CT molecular complexity index is 558. The molecule has 0 N–H and O–H groups in total. The van der Waals surface area contributed by atoms with Crippen LogP contribution in [-0.4, -0.2) is 20.2 Å². The monoisotopic (exact) mass is 272 g/mol. The Hall–Kier alpha value is -2.33. The number of methoxy groups -OCH3 is 2. The number of esters is 1. The molecule has 4 heteroatoms. The van der Waals surface area contributed by atoms with Crippen LogP contribution in [0.5, 0.6) is 11.5 Å². The summed E-state index contributed by atoms with van der Waals surface area (Å²) in [6.07, 6.45) is 0. The highest BCUT2D eigenvalue weighted by Crippen LogP contribution is 2.18. The van der Waals surface area contributed by atoms with Crippen LogP contribution in [0.3, 0.4) is 0 Å². The van der Waals surface area contributed by atoms with E-state index in [4.69, 9.17) is 14.2 Å². The number of ether oxygens (including phenoxy) is 3. The molecule has 0 aliphatic rings. The van der Waals surface area contributed by atoms with Crippen LogP contribution in [-0.2, 0) is 11.3 Å². The van der Waals surface area contributed by atoms with E-state index >= 15 is 0 Å². The molecule has 0 heterocycles. The number of carbonyl (C=O) groups is 1. The second-order valence-corrected chi connectivity index (χ2v) is 4.19. The third-order valence-electron chi connectivity index (χ3n) is 2.77. The van der Waals surface area contributed by atoms with E-state index in [9.17, 15) is 4.79 Å². The van der Waals surface area contributed by atoms with Gasteiger partial charge in [0.15, 0.2) is 0 Å². The average molecular weight is 272 g/mol. The molecule has 0 aliphatic carbocycles. The molecule has 0 aliphatic heterocycles. The maximum absolute atomic E-state index is 12.0. The number of benzene rings is 2. The fraction of sp³-hybridized carbons (Fsp3) is 0.188. The van der Waals surface area contributed by atoms with Gasteiger partial charge in [-0.3, -0.25) is 0 Å². The summed E-state index contributed by atoms with van der Waals surface area (Å²) < 4.78 is 15.3. The van der Waals surface area contributed by atoms with E-state index in [0.717, 1.165) is 5.56 Å². The van der Waals surface area contributed by atoms with Crippen molar-refractivity contribution in [3.8, 4) is 11.5 Å². The van der Waals surface area contributed by atoms with Crippen molar-refractivity contribution in [2.75, 3.05) is 14.2 Å². The third-order valence-corrected chi connectivity index (χ3v) is 2.77. The number of hydrogen-bond acceptors (Lipinski definition) is 4. The normalized spacial score (nSPS) is 10.1. The predicted molar refractivity (Wildman–Crippen MR) is 75.1 cm³/mol. The van der Waals surface area contributed by atoms with Gasteiger partial charge in [0.2, 0.25) is 0 Å². The first-order chi connectivity index (χ1) is 9.72. The molecular weight excluding hydrogens is 256 g/mol. The highest BCUT2D eigenvalue weighted by molar-refractivity contribution is 5.91. The lowest BCUT2D eigenvalue weighted by Crippen LogP contribution is -2.08. The molecule has 0 aromatic heterocycles. The summed E-state index contributed by atoms with van der Waals surface area (Å²) in [5.74, 6) is 0.810. The quantitative estimate of drug-likeness (QED) is 0.620. The fourth-order valence-corrected chi connectivity index (χ4v) is 1.71. The summed E-state index contributed by atoms with van der Waals surface area (Å²) in [7, 11) is 3.22. The zero-order chi connectivity index (χ0) is 14.4. The van der Waals surface area contributed by atoms with Crippen LogP contribution in [0.2, 0.25) is 0 Å². The molecule has 0 fully saturated rings. The Morgan fingerprint density at radius 3 is 2.05 bits per heavy atom. The molecule has 0 spiro atoms. The van der Waals surface area contributed by atoms with Crippen molar-refractivity contribution < 1.29 is 19.0 Å². The first-order valence-corrected chi connectivity index (χ1v) is 6.17. The van der Waals surface area contributed by atoms with Crippen molar-refractivity contribution in [2.24, 2.45) is 0 Å². The molecule has 0 amide bonds. The maximum atomic E-state index is 12.0. The lowest BCUT2D eigenvalue weighted by Gasteiger charge is -2.06. The molecule has 0 unspecified atom stereocenters. The summed E-state index contributed by atoms with van der Waals surface area (Å²) in [4.78, 5) is 12.0. The zero-order valence-corrected chi connectivity index (χ0v) is 11.5. The molecule has 4 nitrogen and oxygen atoms in total. The minimum atomic E-state index is -0.390. The van der Waals surface area contributed by atoms with Crippen LogP contribution >= 0.6 is 0 Å². The van der Waals surface area contributed by atoms with Crippen molar-refractivity contribution in [1.29, 1.82) is 0 Å². The summed E-state index contributed by atoms with van der Waals surface area (Å²) >= 11 is 0. The molecule has 2 rings (SSSR count). The second-order valence-electron chi connectivity index (χ2n) is 4.19. The van der Waals surface area contributed by atoms with Crippen molar-refractivity contribution in [3.05, 3.63) is 59.7 Å². The van der Waals surface area contributed by atoms with Crippen LogP contribution in [0.15, 0.2) is 48.5 Å². The van der Waals surface area contributed by atoms with Crippen molar-refractivity contribution in [2.45, 2.75) is 6.61 Å². The van der Waals surface area contributed by atoms with E-state index < -0.39 is 0 Å². The van der Waals surface area contributed by atoms with E-state index in [2.05, 4.69) is 0 Å². The molecule has 2 aromatic rings. The Kier molecular flexibility index (Phi) is 4.74. The molecule has 0 radical (unpaired) electrons. The largest absolute Gasteiger partial charge is 0.497 e. The summed E-state index contributed by atoms with van der Waals surface area (Å²) in [6, 6.07) is 14.0. The molecule has 0 saturated carbocycles. The van der Waals surface area contributed by atoms with Gasteiger partial charge in [0.25, 0.3) is 0 Å². The highest BCUT2D eigenvalue weighted by Gasteiger charge is 2.08. The van der Waals surface area contributed by atoms with Crippen molar-refractivity contribution in [1.82, 2.24) is 0 Å². The van der Waals surface area contributed by atoms with Crippen molar-refractivity contribution >= 4 is 5.97 Å². The minimum absolute atomic E-state index is 0.390. The van der Waals surface area contributed by atoms with Crippen molar-refractivity contribution in [3.63, 3.8) is 0 Å². The molecule has 0 bridgehead atoms. The van der Waals surface area contributed by atoms with Gasteiger partial charge in [0, 0.05) is 7.11 Å². The molecule has 0 atom stereocenters. The van der Waals surface area contributed by atoms with Gasteiger partial charge in [-0.15, -0.1) is 0 Å². The summed E-state index contributed by atoms with van der Waals surface area (Å²) in [5, 5.41) is 0. The Morgan fingerprint density at radius 1 is 0.900 bits per heavy atom. The van der Waals surface area contributed by atoms with Crippen LogP contribution in [0, 0.1) is 0 Å². The van der Waals surface area contributed by atoms with Crippen LogP contribution in [0.4, 0.5) is 0 Å². The zero-order valence-electron chi connectivity index (χ0n) is 11.5. The van der Waals surface area contributed by atoms with E-state index in [-0.39, 0.29) is 5.97 Å². The van der Waals surface area contributed by atoms with Gasteiger partial charge >= 0.3 is 5.97 Å². The topological polar surface area (TPSA) is 44.8 Å². The second kappa shape index (κ2) is 6.73. The van der Waals surface area contributed by atoms with Gasteiger partial charge in [-0.05, 0) is 42.0 Å². The van der Waals surface area contributed by atoms with E-state index in [0.29, 0.717) is 23.7 Å². The first kappa shape index (κ1) is 14.1. The minimum Gasteiger partial charge on any atom is -0.497 e. The lowest BCUT2D eigenvalue weighted by molar-refractivity contribution is 0.0734. The van der Waals surface area contributed by atoms with E-state index in [1.165, 1.54) is 0 Å².